The number of halogens is 4. The first-order valence-corrected chi connectivity index (χ1v) is 7.59. The Kier molecular flexibility index (Phi) is 7.20. The van der Waals surface area contributed by atoms with Crippen LogP contribution in [-0.2, 0) is 0 Å². The molecule has 3 nitrogen and oxygen atoms in total. The molecule has 0 radical (unpaired) electrons. The molecule has 0 unspecified atom stereocenters. The van der Waals surface area contributed by atoms with Gasteiger partial charge in [0.1, 0.15) is 0 Å². The van der Waals surface area contributed by atoms with E-state index in [1.807, 2.05) is 6.07 Å². The standard InChI is InChI=1S/C14H18BrFN2O.2ClH/c15-11-4-3-10(14(19)12(11)16)13(9-1-2-9)18-7-5-17-6-8-18;;/h3-4,9,13,17,19H,1-2,5-8H2;2*1H/t13-;;/m0../s1. The van der Waals surface area contributed by atoms with Crippen LogP contribution < -0.4 is 5.32 Å². The van der Waals surface area contributed by atoms with Gasteiger partial charge in [-0.15, -0.1) is 24.8 Å². The minimum absolute atomic E-state index is 0. The van der Waals surface area contributed by atoms with Crippen LogP contribution in [0, 0.1) is 11.7 Å². The van der Waals surface area contributed by atoms with Crippen molar-refractivity contribution >= 4 is 40.7 Å². The lowest BCUT2D eigenvalue weighted by Gasteiger charge is -2.35. The van der Waals surface area contributed by atoms with Crippen molar-refractivity contribution in [2.24, 2.45) is 5.92 Å². The van der Waals surface area contributed by atoms with Crippen molar-refractivity contribution in [1.29, 1.82) is 0 Å². The molecule has 1 saturated carbocycles. The number of aromatic hydroxyl groups is 1. The van der Waals surface area contributed by atoms with Gasteiger partial charge in [-0.1, -0.05) is 6.07 Å². The second-order valence-corrected chi connectivity index (χ2v) is 6.22. The molecule has 1 heterocycles. The molecule has 120 valence electrons. The zero-order valence-corrected chi connectivity index (χ0v) is 14.7. The van der Waals surface area contributed by atoms with Crippen LogP contribution in [0.5, 0.6) is 5.75 Å². The number of piperazine rings is 1. The fourth-order valence-corrected chi connectivity index (χ4v) is 3.23. The first kappa shape index (κ1) is 19.0. The molecular weight excluding hydrogens is 382 g/mol. The van der Waals surface area contributed by atoms with E-state index < -0.39 is 5.82 Å². The summed E-state index contributed by atoms with van der Waals surface area (Å²) in [5.41, 5.74) is 0.741. The summed E-state index contributed by atoms with van der Waals surface area (Å²) in [7, 11) is 0. The number of nitrogens with one attached hydrogen (secondary N) is 1. The summed E-state index contributed by atoms with van der Waals surface area (Å²) in [4.78, 5) is 2.37. The molecule has 7 heteroatoms. The van der Waals surface area contributed by atoms with Gasteiger partial charge in [0, 0.05) is 37.8 Å². The van der Waals surface area contributed by atoms with Crippen LogP contribution in [0.15, 0.2) is 16.6 Å². The van der Waals surface area contributed by atoms with Crippen LogP contribution in [0.1, 0.15) is 24.4 Å². The van der Waals surface area contributed by atoms with Crippen LogP contribution in [0.2, 0.25) is 0 Å². The smallest absolute Gasteiger partial charge is 0.179 e. The van der Waals surface area contributed by atoms with E-state index in [1.54, 1.807) is 6.07 Å². The molecule has 2 fully saturated rings. The largest absolute Gasteiger partial charge is 0.505 e. The molecule has 1 atom stereocenters. The molecule has 0 amide bonds. The third-order valence-electron chi connectivity index (χ3n) is 4.03. The van der Waals surface area contributed by atoms with Crippen molar-refractivity contribution in [3.8, 4) is 5.75 Å². The number of benzene rings is 1. The maximum absolute atomic E-state index is 13.9. The normalized spacial score (nSPS) is 20.3. The van der Waals surface area contributed by atoms with Crippen molar-refractivity contribution in [3.63, 3.8) is 0 Å². The molecule has 1 aliphatic heterocycles. The SMILES string of the molecule is Cl.Cl.Oc1c([C@H](C2CC2)N2CCNCC2)ccc(Br)c1F. The topological polar surface area (TPSA) is 35.5 Å². The Morgan fingerprint density at radius 3 is 2.43 bits per heavy atom. The van der Waals surface area contributed by atoms with Crippen molar-refractivity contribution in [2.75, 3.05) is 26.2 Å². The third kappa shape index (κ3) is 4.02. The first-order chi connectivity index (χ1) is 9.18. The van der Waals surface area contributed by atoms with E-state index in [1.165, 1.54) is 12.8 Å². The van der Waals surface area contributed by atoms with Gasteiger partial charge in [0.05, 0.1) is 4.47 Å². The quantitative estimate of drug-likeness (QED) is 0.813. The lowest BCUT2D eigenvalue weighted by molar-refractivity contribution is 0.153. The molecule has 0 aromatic heterocycles. The van der Waals surface area contributed by atoms with Gasteiger partial charge in [-0.05, 0) is 40.8 Å². The monoisotopic (exact) mass is 400 g/mol. The second kappa shape index (κ2) is 7.97. The minimum Gasteiger partial charge on any atom is -0.505 e. The molecule has 3 rings (SSSR count). The summed E-state index contributed by atoms with van der Waals surface area (Å²) < 4.78 is 14.2. The van der Waals surface area contributed by atoms with Crippen molar-refractivity contribution < 1.29 is 9.50 Å². The van der Waals surface area contributed by atoms with E-state index in [0.29, 0.717) is 10.4 Å². The highest BCUT2D eigenvalue weighted by Crippen LogP contribution is 2.47. The molecule has 1 aromatic carbocycles. The molecule has 1 saturated heterocycles. The third-order valence-corrected chi connectivity index (χ3v) is 4.64. The van der Waals surface area contributed by atoms with Crippen LogP contribution in [0.4, 0.5) is 4.39 Å². The fraction of sp³-hybridized carbons (Fsp3) is 0.571. The summed E-state index contributed by atoms with van der Waals surface area (Å²) in [5, 5.41) is 13.4. The average molecular weight is 402 g/mol. The van der Waals surface area contributed by atoms with E-state index in [2.05, 4.69) is 26.1 Å². The highest BCUT2D eigenvalue weighted by atomic mass is 79.9. The molecular formula is C14H20BrCl2FN2O. The van der Waals surface area contributed by atoms with E-state index in [9.17, 15) is 9.50 Å². The van der Waals surface area contributed by atoms with Gasteiger partial charge in [-0.2, -0.15) is 0 Å². The van der Waals surface area contributed by atoms with E-state index in [4.69, 9.17) is 0 Å². The predicted octanol–water partition coefficient (Wildman–Crippen LogP) is 3.49. The summed E-state index contributed by atoms with van der Waals surface area (Å²) >= 11 is 3.12. The Morgan fingerprint density at radius 2 is 1.86 bits per heavy atom. The van der Waals surface area contributed by atoms with Crippen LogP contribution >= 0.6 is 40.7 Å². The number of phenols is 1. The van der Waals surface area contributed by atoms with E-state index >= 15 is 0 Å². The molecule has 0 bridgehead atoms. The zero-order chi connectivity index (χ0) is 13.4. The molecule has 2 N–H and O–H groups in total. The lowest BCUT2D eigenvalue weighted by atomic mass is 9.98. The van der Waals surface area contributed by atoms with Crippen LogP contribution in [0.3, 0.4) is 0 Å². The Labute approximate surface area is 145 Å². The number of hydrogen-bond donors (Lipinski definition) is 2. The predicted molar refractivity (Wildman–Crippen MR) is 90.2 cm³/mol. The van der Waals surface area contributed by atoms with E-state index in [0.717, 1.165) is 31.7 Å². The van der Waals surface area contributed by atoms with Crippen molar-refractivity contribution in [1.82, 2.24) is 10.2 Å². The second-order valence-electron chi connectivity index (χ2n) is 5.37. The Balaban J connectivity index is 0.00000110. The number of nitrogens with zero attached hydrogens (tertiary/aromatic N) is 1. The highest BCUT2D eigenvalue weighted by molar-refractivity contribution is 9.10. The van der Waals surface area contributed by atoms with E-state index in [-0.39, 0.29) is 36.6 Å². The number of hydrogen-bond acceptors (Lipinski definition) is 3. The van der Waals surface area contributed by atoms with Gasteiger partial charge < -0.3 is 10.4 Å². The molecule has 21 heavy (non-hydrogen) atoms. The zero-order valence-electron chi connectivity index (χ0n) is 11.5. The number of phenolic OH excluding ortho intramolecular Hbond substituents is 1. The van der Waals surface area contributed by atoms with Crippen LogP contribution in [-0.4, -0.2) is 36.2 Å². The van der Waals surface area contributed by atoms with Crippen LogP contribution in [0.25, 0.3) is 0 Å². The van der Waals surface area contributed by atoms with Gasteiger partial charge in [-0.3, -0.25) is 4.90 Å². The Hall–Kier alpha value is -0.0700. The molecule has 0 spiro atoms. The highest BCUT2D eigenvalue weighted by Gasteiger charge is 2.38. The van der Waals surface area contributed by atoms with Gasteiger partial charge in [0.25, 0.3) is 0 Å². The summed E-state index contributed by atoms with van der Waals surface area (Å²) in [5.74, 6) is -0.173. The Bertz CT molecular complexity index is 482. The minimum atomic E-state index is -0.543. The van der Waals surface area contributed by atoms with Gasteiger partial charge in [0.2, 0.25) is 0 Å². The molecule has 1 aliphatic carbocycles. The summed E-state index contributed by atoms with van der Waals surface area (Å²) in [6.45, 7) is 3.84. The Morgan fingerprint density at radius 1 is 1.24 bits per heavy atom. The first-order valence-electron chi connectivity index (χ1n) is 6.80. The van der Waals surface area contributed by atoms with Gasteiger partial charge in [-0.25, -0.2) is 4.39 Å². The van der Waals surface area contributed by atoms with Gasteiger partial charge >= 0.3 is 0 Å². The van der Waals surface area contributed by atoms with Crippen molar-refractivity contribution in [3.05, 3.63) is 28.0 Å². The van der Waals surface area contributed by atoms with Crippen molar-refractivity contribution in [2.45, 2.75) is 18.9 Å². The number of rotatable bonds is 3. The fourth-order valence-electron chi connectivity index (χ4n) is 2.91. The lowest BCUT2D eigenvalue weighted by Crippen LogP contribution is -2.45. The van der Waals surface area contributed by atoms with Gasteiger partial charge in [0.15, 0.2) is 11.6 Å². The molecule has 1 aromatic rings. The maximum atomic E-state index is 13.9. The average Bonchev–Trinajstić information content (AvgIpc) is 3.25. The summed E-state index contributed by atoms with van der Waals surface area (Å²) in [6.07, 6.45) is 2.34. The summed E-state index contributed by atoms with van der Waals surface area (Å²) in [6, 6.07) is 3.71. The maximum Gasteiger partial charge on any atom is 0.179 e. The molecule has 2 aliphatic rings.